The van der Waals surface area contributed by atoms with Crippen molar-refractivity contribution >= 4 is 77.0 Å². The minimum Gasteiger partial charge on any atom is -0.292 e. The van der Waals surface area contributed by atoms with Gasteiger partial charge in [0.15, 0.2) is 5.78 Å². The molecule has 2 aromatic carbocycles. The SMILES string of the molecule is O=C(CN(C(=O)c1ccc([N+](=O)[O-])cc1)N1C(=O)[C@@H]2[C@H]3C[C@@H]([C@H](Br)[C@@H]3Br)[C@@H]2C1=O)c1ccc(Br)cc1. The minimum atomic E-state index is -0.768. The van der Waals surface area contributed by atoms with Crippen LogP contribution in [-0.2, 0) is 9.59 Å². The molecule has 186 valence electrons. The molecule has 0 N–H and O–H groups in total. The zero-order chi connectivity index (χ0) is 25.9. The van der Waals surface area contributed by atoms with E-state index in [0.717, 1.165) is 33.0 Å². The first-order valence-electron chi connectivity index (χ1n) is 11.1. The van der Waals surface area contributed by atoms with Crippen molar-refractivity contribution in [1.29, 1.82) is 0 Å². The summed E-state index contributed by atoms with van der Waals surface area (Å²) >= 11 is 10.6. The molecule has 12 heteroatoms. The predicted molar refractivity (Wildman–Crippen MR) is 138 cm³/mol. The molecule has 1 aliphatic heterocycles. The zero-order valence-electron chi connectivity index (χ0n) is 18.4. The number of halogens is 3. The summed E-state index contributed by atoms with van der Waals surface area (Å²) in [6, 6.07) is 11.3. The van der Waals surface area contributed by atoms with E-state index in [4.69, 9.17) is 0 Å². The molecule has 2 aromatic rings. The molecule has 3 amide bonds. The second kappa shape index (κ2) is 9.46. The van der Waals surface area contributed by atoms with Crippen LogP contribution >= 0.6 is 47.8 Å². The molecule has 5 rings (SSSR count). The van der Waals surface area contributed by atoms with Crippen LogP contribution in [0.15, 0.2) is 53.0 Å². The van der Waals surface area contributed by atoms with Crippen molar-refractivity contribution in [3.8, 4) is 0 Å². The maximum atomic E-state index is 13.6. The van der Waals surface area contributed by atoms with Crippen LogP contribution in [0.25, 0.3) is 0 Å². The first-order valence-corrected chi connectivity index (χ1v) is 13.7. The van der Waals surface area contributed by atoms with E-state index in [0.29, 0.717) is 5.56 Å². The molecule has 3 aliphatic rings. The normalized spacial score (nSPS) is 28.4. The zero-order valence-corrected chi connectivity index (χ0v) is 23.2. The van der Waals surface area contributed by atoms with E-state index in [1.807, 2.05) is 0 Å². The van der Waals surface area contributed by atoms with Crippen molar-refractivity contribution in [2.45, 2.75) is 16.1 Å². The van der Waals surface area contributed by atoms with Crippen molar-refractivity contribution in [3.63, 3.8) is 0 Å². The van der Waals surface area contributed by atoms with Crippen LogP contribution in [0.2, 0.25) is 0 Å². The lowest BCUT2D eigenvalue weighted by Gasteiger charge is -2.30. The van der Waals surface area contributed by atoms with Crippen molar-refractivity contribution < 1.29 is 24.1 Å². The van der Waals surface area contributed by atoms with Crippen LogP contribution in [0.3, 0.4) is 0 Å². The third-order valence-electron chi connectivity index (χ3n) is 7.22. The number of Topliss-reactive ketones (excluding diaryl/α,β-unsaturated/α-hetero) is 1. The summed E-state index contributed by atoms with van der Waals surface area (Å²) in [6.07, 6.45) is 0.723. The smallest absolute Gasteiger partial charge is 0.273 e. The minimum absolute atomic E-state index is 0.0153. The number of carbonyl (C=O) groups is 4. The molecular weight excluding hydrogens is 666 g/mol. The van der Waals surface area contributed by atoms with Crippen molar-refractivity contribution in [2.75, 3.05) is 6.54 Å². The number of alkyl halides is 2. The number of nitro groups is 1. The van der Waals surface area contributed by atoms with Gasteiger partial charge >= 0.3 is 0 Å². The molecule has 0 unspecified atom stereocenters. The number of rotatable bonds is 6. The maximum absolute atomic E-state index is 13.6. The molecule has 9 nitrogen and oxygen atoms in total. The Morgan fingerprint density at radius 3 is 1.92 bits per heavy atom. The largest absolute Gasteiger partial charge is 0.292 e. The molecule has 0 spiro atoms. The van der Waals surface area contributed by atoms with Crippen LogP contribution in [0.5, 0.6) is 0 Å². The molecule has 2 saturated carbocycles. The Bertz CT molecular complexity index is 1250. The fraction of sp³-hybridized carbons (Fsp3) is 0.333. The second-order valence-electron chi connectivity index (χ2n) is 9.09. The Morgan fingerprint density at radius 1 is 0.917 bits per heavy atom. The Morgan fingerprint density at radius 2 is 1.42 bits per heavy atom. The third-order valence-corrected chi connectivity index (χ3v) is 11.0. The molecule has 3 fully saturated rings. The average molecular weight is 684 g/mol. The molecule has 1 saturated heterocycles. The summed E-state index contributed by atoms with van der Waals surface area (Å²) in [5, 5.41) is 12.7. The van der Waals surface area contributed by atoms with E-state index in [-0.39, 0.29) is 32.7 Å². The summed E-state index contributed by atoms with van der Waals surface area (Å²) in [5.74, 6) is -3.51. The lowest BCUT2D eigenvalue weighted by Crippen LogP contribution is -2.52. The molecule has 36 heavy (non-hydrogen) atoms. The van der Waals surface area contributed by atoms with Crippen LogP contribution in [-0.4, -0.2) is 54.6 Å². The quantitative estimate of drug-likeness (QED) is 0.147. The number of hydrazine groups is 1. The van der Waals surface area contributed by atoms with Gasteiger partial charge in [-0.25, -0.2) is 5.01 Å². The van der Waals surface area contributed by atoms with Gasteiger partial charge in [-0.3, -0.25) is 29.3 Å². The molecule has 2 aliphatic carbocycles. The van der Waals surface area contributed by atoms with E-state index in [9.17, 15) is 29.3 Å². The number of carbonyl (C=O) groups excluding carboxylic acids is 4. The van der Waals surface area contributed by atoms with Gasteiger partial charge in [-0.05, 0) is 42.5 Å². The van der Waals surface area contributed by atoms with E-state index < -0.39 is 46.8 Å². The van der Waals surface area contributed by atoms with Crippen LogP contribution in [0.1, 0.15) is 27.1 Å². The average Bonchev–Trinajstić information content (AvgIpc) is 3.47. The summed E-state index contributed by atoms with van der Waals surface area (Å²) in [4.78, 5) is 64.4. The lowest BCUT2D eigenvalue weighted by molar-refractivity contribution is -0.384. The number of nitro benzene ring substituents is 1. The molecule has 6 atom stereocenters. The fourth-order valence-electron chi connectivity index (χ4n) is 5.54. The number of non-ortho nitro benzene ring substituents is 1. The van der Waals surface area contributed by atoms with Crippen LogP contribution < -0.4 is 0 Å². The van der Waals surface area contributed by atoms with Crippen LogP contribution in [0.4, 0.5) is 5.69 Å². The highest BCUT2D eigenvalue weighted by molar-refractivity contribution is 9.12. The molecule has 1 heterocycles. The van der Waals surface area contributed by atoms with Gasteiger partial charge < -0.3 is 0 Å². The van der Waals surface area contributed by atoms with E-state index in [1.165, 1.54) is 12.1 Å². The number of amides is 3. The van der Waals surface area contributed by atoms with Crippen molar-refractivity contribution in [2.24, 2.45) is 23.7 Å². The highest BCUT2D eigenvalue weighted by Gasteiger charge is 2.67. The maximum Gasteiger partial charge on any atom is 0.273 e. The standard InChI is InChI=1S/C24H18Br3N3O6/c25-13-5-1-11(2-6-13)17(31)10-28(22(32)12-3-7-14(8-4-12)30(35)36)29-23(33)18-15-9-16(19(18)24(29)34)21(27)20(15)26/h1-8,15-16,18-21H,9-10H2/t15-,16-,18-,19+,20-,21+/m1/s1. The summed E-state index contributed by atoms with van der Waals surface area (Å²) in [6.45, 7) is -0.542. The van der Waals surface area contributed by atoms with Gasteiger partial charge in [-0.2, -0.15) is 5.01 Å². The summed E-state index contributed by atoms with van der Waals surface area (Å²) in [5.41, 5.74) is 0.108. The molecule has 2 bridgehead atoms. The van der Waals surface area contributed by atoms with Crippen molar-refractivity contribution in [1.82, 2.24) is 10.0 Å². The van der Waals surface area contributed by atoms with E-state index in [1.54, 1.807) is 24.3 Å². The monoisotopic (exact) mass is 681 g/mol. The first kappa shape index (κ1) is 25.2. The summed E-state index contributed by atoms with van der Waals surface area (Å²) < 4.78 is 0.764. The lowest BCUT2D eigenvalue weighted by atomic mass is 9.81. The molecular formula is C24H18Br3N3O6. The Balaban J connectivity index is 1.50. The van der Waals surface area contributed by atoms with Gasteiger partial charge in [0.05, 0.1) is 16.8 Å². The van der Waals surface area contributed by atoms with Gasteiger partial charge in [0.25, 0.3) is 23.4 Å². The predicted octanol–water partition coefficient (Wildman–Crippen LogP) is 4.38. The van der Waals surface area contributed by atoms with Gasteiger partial charge in [-0.15, -0.1) is 0 Å². The Labute approximate surface area is 230 Å². The Kier molecular flexibility index (Phi) is 6.63. The van der Waals surface area contributed by atoms with Crippen LogP contribution in [0, 0.1) is 33.8 Å². The van der Waals surface area contributed by atoms with Gasteiger partial charge in [-0.1, -0.05) is 59.9 Å². The number of benzene rings is 2. The highest BCUT2D eigenvalue weighted by Crippen LogP contribution is 2.60. The first-order chi connectivity index (χ1) is 17.1. The Hall–Kier alpha value is -2.44. The number of ketones is 1. The number of hydrogen-bond acceptors (Lipinski definition) is 6. The summed E-state index contributed by atoms with van der Waals surface area (Å²) in [7, 11) is 0. The highest BCUT2D eigenvalue weighted by atomic mass is 79.9. The van der Waals surface area contributed by atoms with Crippen molar-refractivity contribution in [3.05, 3.63) is 74.2 Å². The fourth-order valence-corrected chi connectivity index (χ4v) is 7.68. The van der Waals surface area contributed by atoms with Gasteiger partial charge in [0.2, 0.25) is 0 Å². The van der Waals surface area contributed by atoms with E-state index in [2.05, 4.69) is 47.8 Å². The number of nitrogens with zero attached hydrogens (tertiary/aromatic N) is 3. The third kappa shape index (κ3) is 4.03. The second-order valence-corrected chi connectivity index (χ2v) is 12.1. The number of imide groups is 1. The van der Waals surface area contributed by atoms with Gasteiger partial charge in [0, 0.05) is 37.4 Å². The number of fused-ring (bicyclic) bond motifs is 5. The topological polar surface area (TPSA) is 118 Å². The molecule has 0 radical (unpaired) electrons. The van der Waals surface area contributed by atoms with Gasteiger partial charge in [0.1, 0.15) is 6.54 Å². The molecule has 0 aromatic heterocycles. The van der Waals surface area contributed by atoms with E-state index >= 15 is 0 Å². The number of hydrogen-bond donors (Lipinski definition) is 0.